The van der Waals surface area contributed by atoms with Gasteiger partial charge in [-0.2, -0.15) is 5.26 Å². The third kappa shape index (κ3) is 4.51. The fourth-order valence-electron chi connectivity index (χ4n) is 2.71. The molecule has 6 heteroatoms. The zero-order chi connectivity index (χ0) is 20.1. The number of nitriles is 1. The highest BCUT2D eigenvalue weighted by Gasteiger charge is 2.18. The Kier molecular flexibility index (Phi) is 5.37. The molecule has 0 saturated carbocycles. The van der Waals surface area contributed by atoms with Gasteiger partial charge >= 0.3 is 0 Å². The highest BCUT2D eigenvalue weighted by Crippen LogP contribution is 2.30. The standard InChI is InChI=1S/C22H21N5O/c1-22(2,3)18-6-4-5-7-19(18)27-21-24-13-16(14-25-21)20(28)26-17-10-8-15(12-23)9-11-17/h4-11,13-14H,1-3H3,(H,26,28)(H,24,25,27). The van der Waals surface area contributed by atoms with Crippen LogP contribution in [0.3, 0.4) is 0 Å². The molecule has 140 valence electrons. The van der Waals surface area contributed by atoms with Crippen LogP contribution in [0.2, 0.25) is 0 Å². The first-order valence-corrected chi connectivity index (χ1v) is 8.87. The van der Waals surface area contributed by atoms with E-state index in [1.54, 1.807) is 24.3 Å². The van der Waals surface area contributed by atoms with Gasteiger partial charge in [0.1, 0.15) is 0 Å². The van der Waals surface area contributed by atoms with E-state index < -0.39 is 0 Å². The zero-order valence-electron chi connectivity index (χ0n) is 16.0. The molecule has 0 spiro atoms. The van der Waals surface area contributed by atoms with Crippen molar-refractivity contribution in [2.75, 3.05) is 10.6 Å². The molecule has 0 radical (unpaired) electrons. The van der Waals surface area contributed by atoms with Gasteiger partial charge in [0.15, 0.2) is 0 Å². The molecule has 2 aromatic carbocycles. The molecular formula is C22H21N5O. The van der Waals surface area contributed by atoms with E-state index in [9.17, 15) is 4.79 Å². The van der Waals surface area contributed by atoms with Crippen molar-refractivity contribution >= 4 is 23.2 Å². The van der Waals surface area contributed by atoms with E-state index in [1.807, 2.05) is 24.3 Å². The van der Waals surface area contributed by atoms with Crippen LogP contribution in [0.1, 0.15) is 42.3 Å². The second-order valence-electron chi connectivity index (χ2n) is 7.36. The molecular weight excluding hydrogens is 350 g/mol. The predicted octanol–water partition coefficient (Wildman–Crippen LogP) is 4.64. The number of anilines is 3. The molecule has 0 fully saturated rings. The van der Waals surface area contributed by atoms with Crippen LogP contribution in [0, 0.1) is 11.3 Å². The first-order chi connectivity index (χ1) is 13.4. The van der Waals surface area contributed by atoms with Crippen LogP contribution >= 0.6 is 0 Å². The summed E-state index contributed by atoms with van der Waals surface area (Å²) in [6.45, 7) is 6.43. The van der Waals surface area contributed by atoms with Crippen molar-refractivity contribution in [2.45, 2.75) is 26.2 Å². The smallest absolute Gasteiger partial charge is 0.258 e. The van der Waals surface area contributed by atoms with Crippen LogP contribution in [0.4, 0.5) is 17.3 Å². The van der Waals surface area contributed by atoms with E-state index in [4.69, 9.17) is 5.26 Å². The number of aromatic nitrogens is 2. The lowest BCUT2D eigenvalue weighted by Crippen LogP contribution is -2.15. The minimum atomic E-state index is -0.314. The minimum Gasteiger partial charge on any atom is -0.324 e. The summed E-state index contributed by atoms with van der Waals surface area (Å²) in [6, 6.07) is 16.7. The SMILES string of the molecule is CC(C)(C)c1ccccc1Nc1ncc(C(=O)Nc2ccc(C#N)cc2)cn1. The maximum atomic E-state index is 12.3. The number of para-hydroxylation sites is 1. The van der Waals surface area contributed by atoms with Crippen molar-refractivity contribution in [2.24, 2.45) is 0 Å². The Morgan fingerprint density at radius 1 is 1.00 bits per heavy atom. The van der Waals surface area contributed by atoms with Gasteiger partial charge in [0, 0.05) is 23.8 Å². The molecule has 1 heterocycles. The molecule has 28 heavy (non-hydrogen) atoms. The van der Waals surface area contributed by atoms with Gasteiger partial charge < -0.3 is 10.6 Å². The average molecular weight is 371 g/mol. The Bertz CT molecular complexity index is 1010. The normalized spacial score (nSPS) is 10.8. The van der Waals surface area contributed by atoms with Crippen molar-refractivity contribution in [3.05, 3.63) is 77.6 Å². The summed E-state index contributed by atoms with van der Waals surface area (Å²) < 4.78 is 0. The Morgan fingerprint density at radius 2 is 1.64 bits per heavy atom. The van der Waals surface area contributed by atoms with Crippen LogP contribution in [-0.2, 0) is 5.41 Å². The Hall–Kier alpha value is -3.72. The fourth-order valence-corrected chi connectivity index (χ4v) is 2.71. The third-order valence-electron chi connectivity index (χ3n) is 4.17. The second kappa shape index (κ2) is 7.89. The summed E-state index contributed by atoms with van der Waals surface area (Å²) >= 11 is 0. The lowest BCUT2D eigenvalue weighted by atomic mass is 9.86. The van der Waals surface area contributed by atoms with E-state index in [0.29, 0.717) is 22.8 Å². The molecule has 2 N–H and O–H groups in total. The van der Waals surface area contributed by atoms with Crippen LogP contribution in [-0.4, -0.2) is 15.9 Å². The van der Waals surface area contributed by atoms with E-state index in [-0.39, 0.29) is 11.3 Å². The summed E-state index contributed by atoms with van der Waals surface area (Å²) in [7, 11) is 0. The van der Waals surface area contributed by atoms with Crippen molar-refractivity contribution < 1.29 is 4.79 Å². The lowest BCUT2D eigenvalue weighted by molar-refractivity contribution is 0.102. The molecule has 0 aliphatic heterocycles. The Morgan fingerprint density at radius 3 is 2.25 bits per heavy atom. The van der Waals surface area contributed by atoms with Gasteiger partial charge in [-0.3, -0.25) is 4.79 Å². The number of carbonyl (C=O) groups is 1. The molecule has 1 amide bonds. The molecule has 0 atom stereocenters. The molecule has 0 aliphatic carbocycles. The van der Waals surface area contributed by atoms with E-state index >= 15 is 0 Å². The number of hydrogen-bond acceptors (Lipinski definition) is 5. The summed E-state index contributed by atoms with van der Waals surface area (Å²) in [5.74, 6) is 0.109. The fraction of sp³-hybridized carbons (Fsp3) is 0.182. The van der Waals surface area contributed by atoms with Gasteiger partial charge in [-0.05, 0) is 41.3 Å². The number of amides is 1. The Labute approximate surface area is 164 Å². The topological polar surface area (TPSA) is 90.7 Å². The maximum Gasteiger partial charge on any atom is 0.258 e. The van der Waals surface area contributed by atoms with Crippen LogP contribution in [0.15, 0.2) is 60.9 Å². The van der Waals surface area contributed by atoms with Crippen molar-refractivity contribution in [3.63, 3.8) is 0 Å². The number of nitrogens with one attached hydrogen (secondary N) is 2. The molecule has 0 aliphatic rings. The highest BCUT2D eigenvalue weighted by atomic mass is 16.1. The van der Waals surface area contributed by atoms with Gasteiger partial charge in [0.05, 0.1) is 17.2 Å². The lowest BCUT2D eigenvalue weighted by Gasteiger charge is -2.22. The second-order valence-corrected chi connectivity index (χ2v) is 7.36. The third-order valence-corrected chi connectivity index (χ3v) is 4.17. The molecule has 6 nitrogen and oxygen atoms in total. The van der Waals surface area contributed by atoms with Gasteiger partial charge in [0.2, 0.25) is 5.95 Å². The largest absolute Gasteiger partial charge is 0.324 e. The number of hydrogen-bond donors (Lipinski definition) is 2. The maximum absolute atomic E-state index is 12.3. The molecule has 3 rings (SSSR count). The van der Waals surface area contributed by atoms with Gasteiger partial charge in [0.25, 0.3) is 5.91 Å². The summed E-state index contributed by atoms with van der Waals surface area (Å²) in [5.41, 5.74) is 3.55. The first-order valence-electron chi connectivity index (χ1n) is 8.87. The van der Waals surface area contributed by atoms with Crippen LogP contribution in [0.5, 0.6) is 0 Å². The minimum absolute atomic E-state index is 0.0233. The number of nitrogens with zero attached hydrogens (tertiary/aromatic N) is 3. The van der Waals surface area contributed by atoms with Gasteiger partial charge in [-0.25, -0.2) is 9.97 Å². The zero-order valence-corrected chi connectivity index (χ0v) is 16.0. The predicted molar refractivity (Wildman–Crippen MR) is 110 cm³/mol. The van der Waals surface area contributed by atoms with Crippen molar-refractivity contribution in [3.8, 4) is 6.07 Å². The number of rotatable bonds is 4. The Balaban J connectivity index is 1.71. The van der Waals surface area contributed by atoms with Crippen LogP contribution < -0.4 is 10.6 Å². The number of carbonyl (C=O) groups excluding carboxylic acids is 1. The van der Waals surface area contributed by atoms with E-state index in [0.717, 1.165) is 11.3 Å². The van der Waals surface area contributed by atoms with Crippen LogP contribution in [0.25, 0.3) is 0 Å². The summed E-state index contributed by atoms with van der Waals surface area (Å²) in [4.78, 5) is 20.9. The molecule has 1 aromatic heterocycles. The molecule has 0 unspecified atom stereocenters. The van der Waals surface area contributed by atoms with Gasteiger partial charge in [-0.1, -0.05) is 39.0 Å². The average Bonchev–Trinajstić information content (AvgIpc) is 2.69. The van der Waals surface area contributed by atoms with Gasteiger partial charge in [-0.15, -0.1) is 0 Å². The van der Waals surface area contributed by atoms with E-state index in [1.165, 1.54) is 12.4 Å². The van der Waals surface area contributed by atoms with Crippen molar-refractivity contribution in [1.29, 1.82) is 5.26 Å². The monoisotopic (exact) mass is 371 g/mol. The quantitative estimate of drug-likeness (QED) is 0.697. The summed E-state index contributed by atoms with van der Waals surface area (Å²) in [6.07, 6.45) is 2.96. The molecule has 0 saturated heterocycles. The van der Waals surface area contributed by atoms with E-state index in [2.05, 4.69) is 47.4 Å². The molecule has 3 aromatic rings. The van der Waals surface area contributed by atoms with Crippen molar-refractivity contribution in [1.82, 2.24) is 9.97 Å². The summed E-state index contributed by atoms with van der Waals surface area (Å²) in [5, 5.41) is 14.8. The molecule has 0 bridgehead atoms. The highest BCUT2D eigenvalue weighted by molar-refractivity contribution is 6.03. The first kappa shape index (κ1) is 19.1. The number of benzene rings is 2.